The first-order chi connectivity index (χ1) is 7.27. The third-order valence-corrected chi connectivity index (χ3v) is 2.44. The molecule has 3 nitrogen and oxygen atoms in total. The lowest BCUT2D eigenvalue weighted by molar-refractivity contribution is 0.112. The lowest BCUT2D eigenvalue weighted by Gasteiger charge is -2.06. The van der Waals surface area contributed by atoms with Crippen LogP contribution in [0.25, 0.3) is 0 Å². The normalized spacial score (nSPS) is 12.7. The molecule has 0 saturated carbocycles. The molecule has 1 rings (SSSR count). The fraction of sp³-hybridized carbons (Fsp3) is 0.583. The van der Waals surface area contributed by atoms with Crippen LogP contribution in [0.4, 0.5) is 0 Å². The van der Waals surface area contributed by atoms with Gasteiger partial charge in [0.2, 0.25) is 0 Å². The first-order valence-corrected chi connectivity index (χ1v) is 5.49. The summed E-state index contributed by atoms with van der Waals surface area (Å²) in [5.74, 6) is 0.494. The number of aliphatic hydroxyl groups excluding tert-OH is 1. The molecule has 0 aliphatic heterocycles. The van der Waals surface area contributed by atoms with Crippen molar-refractivity contribution in [2.45, 2.75) is 45.1 Å². The van der Waals surface area contributed by atoms with Crippen molar-refractivity contribution in [2.75, 3.05) is 0 Å². The molecule has 1 atom stereocenters. The molecule has 0 bridgehead atoms. The zero-order valence-corrected chi connectivity index (χ0v) is 9.11. The van der Waals surface area contributed by atoms with Crippen molar-refractivity contribution < 1.29 is 14.3 Å². The minimum Gasteiger partial charge on any atom is -0.466 e. The fourth-order valence-corrected chi connectivity index (χ4v) is 1.51. The van der Waals surface area contributed by atoms with Crippen LogP contribution in [-0.4, -0.2) is 11.4 Å². The summed E-state index contributed by atoms with van der Waals surface area (Å²) in [5.41, 5.74) is 0.484. The molecule has 0 fully saturated rings. The second kappa shape index (κ2) is 6.40. The van der Waals surface area contributed by atoms with Crippen molar-refractivity contribution in [3.8, 4) is 0 Å². The van der Waals surface area contributed by atoms with Gasteiger partial charge in [0.05, 0.1) is 5.56 Å². The zero-order valence-electron chi connectivity index (χ0n) is 9.11. The van der Waals surface area contributed by atoms with Crippen LogP contribution >= 0.6 is 0 Å². The van der Waals surface area contributed by atoms with Gasteiger partial charge in [-0.3, -0.25) is 4.79 Å². The van der Waals surface area contributed by atoms with Crippen LogP contribution in [0.2, 0.25) is 0 Å². The highest BCUT2D eigenvalue weighted by molar-refractivity contribution is 5.74. The van der Waals surface area contributed by atoms with Gasteiger partial charge < -0.3 is 9.52 Å². The fourth-order valence-electron chi connectivity index (χ4n) is 1.51. The second-order valence-corrected chi connectivity index (χ2v) is 3.77. The molecule has 3 heteroatoms. The second-order valence-electron chi connectivity index (χ2n) is 3.77. The smallest absolute Gasteiger partial charge is 0.153 e. The molecule has 0 saturated heterocycles. The molecule has 0 spiro atoms. The monoisotopic (exact) mass is 210 g/mol. The maximum absolute atomic E-state index is 10.4. The van der Waals surface area contributed by atoms with Crippen molar-refractivity contribution in [1.82, 2.24) is 0 Å². The lowest BCUT2D eigenvalue weighted by atomic mass is 10.1. The number of carbonyl (C=O) groups is 1. The molecule has 0 amide bonds. The minimum atomic E-state index is -0.574. The van der Waals surface area contributed by atoms with Crippen LogP contribution in [0.5, 0.6) is 0 Å². The van der Waals surface area contributed by atoms with Crippen molar-refractivity contribution in [2.24, 2.45) is 0 Å². The zero-order chi connectivity index (χ0) is 11.1. The highest BCUT2D eigenvalue weighted by Crippen LogP contribution is 2.21. The van der Waals surface area contributed by atoms with Crippen LogP contribution < -0.4 is 0 Å². The Labute approximate surface area is 90.1 Å². The third-order valence-electron chi connectivity index (χ3n) is 2.44. The summed E-state index contributed by atoms with van der Waals surface area (Å²) in [6.07, 6.45) is 6.73. The molecular weight excluding hydrogens is 192 g/mol. The third kappa shape index (κ3) is 3.88. The van der Waals surface area contributed by atoms with E-state index in [2.05, 4.69) is 6.92 Å². The van der Waals surface area contributed by atoms with Crippen LogP contribution in [0.3, 0.4) is 0 Å². The lowest BCUT2D eigenvalue weighted by Crippen LogP contribution is -1.95. The topological polar surface area (TPSA) is 50.4 Å². The molecule has 1 heterocycles. The van der Waals surface area contributed by atoms with E-state index in [1.54, 1.807) is 6.07 Å². The molecule has 15 heavy (non-hydrogen) atoms. The Morgan fingerprint density at radius 2 is 2.27 bits per heavy atom. The SMILES string of the molecule is CCCCCCC(O)c1cc(C=O)co1. The largest absolute Gasteiger partial charge is 0.466 e. The van der Waals surface area contributed by atoms with E-state index in [9.17, 15) is 9.90 Å². The summed E-state index contributed by atoms with van der Waals surface area (Å²) in [6, 6.07) is 1.59. The standard InChI is InChI=1S/C12H18O3/c1-2-3-4-5-6-11(14)12-7-10(8-13)9-15-12/h7-9,11,14H,2-6H2,1H3. The van der Waals surface area contributed by atoms with E-state index < -0.39 is 6.10 Å². The summed E-state index contributed by atoms with van der Waals surface area (Å²) in [4.78, 5) is 10.4. The summed E-state index contributed by atoms with van der Waals surface area (Å²) >= 11 is 0. The van der Waals surface area contributed by atoms with Gasteiger partial charge in [-0.1, -0.05) is 32.6 Å². The average molecular weight is 210 g/mol. The number of hydrogen-bond donors (Lipinski definition) is 1. The highest BCUT2D eigenvalue weighted by atomic mass is 16.4. The molecular formula is C12H18O3. The Bertz CT molecular complexity index is 291. The molecule has 84 valence electrons. The quantitative estimate of drug-likeness (QED) is 0.555. The van der Waals surface area contributed by atoms with E-state index in [1.807, 2.05) is 0 Å². The maximum Gasteiger partial charge on any atom is 0.153 e. The molecule has 1 aromatic rings. The molecule has 0 radical (unpaired) electrons. The summed E-state index contributed by atoms with van der Waals surface area (Å²) in [7, 11) is 0. The Kier molecular flexibility index (Phi) is 5.12. The van der Waals surface area contributed by atoms with E-state index >= 15 is 0 Å². The maximum atomic E-state index is 10.4. The number of aldehydes is 1. The number of furan rings is 1. The number of hydrogen-bond acceptors (Lipinski definition) is 3. The van der Waals surface area contributed by atoms with Crippen LogP contribution in [0.15, 0.2) is 16.7 Å². The van der Waals surface area contributed by atoms with Crippen LogP contribution in [0.1, 0.15) is 61.3 Å². The summed E-state index contributed by atoms with van der Waals surface area (Å²) in [5, 5.41) is 9.72. The highest BCUT2D eigenvalue weighted by Gasteiger charge is 2.11. The number of carbonyl (C=O) groups excluding carboxylic acids is 1. The van der Waals surface area contributed by atoms with Gasteiger partial charge in [0.25, 0.3) is 0 Å². The van der Waals surface area contributed by atoms with Crippen molar-refractivity contribution in [3.05, 3.63) is 23.7 Å². The molecule has 0 aromatic carbocycles. The molecule has 1 aromatic heterocycles. The van der Waals surface area contributed by atoms with Crippen LogP contribution in [-0.2, 0) is 0 Å². The Morgan fingerprint density at radius 1 is 1.47 bits per heavy atom. The predicted molar refractivity (Wildman–Crippen MR) is 57.8 cm³/mol. The van der Waals surface area contributed by atoms with Gasteiger partial charge >= 0.3 is 0 Å². The van der Waals surface area contributed by atoms with E-state index in [-0.39, 0.29) is 0 Å². The summed E-state index contributed by atoms with van der Waals surface area (Å²) < 4.78 is 5.09. The Morgan fingerprint density at radius 3 is 2.87 bits per heavy atom. The van der Waals surface area contributed by atoms with E-state index in [1.165, 1.54) is 19.1 Å². The Balaban J connectivity index is 2.32. The van der Waals surface area contributed by atoms with Gasteiger partial charge in [-0.15, -0.1) is 0 Å². The predicted octanol–water partition coefficient (Wildman–Crippen LogP) is 3.10. The van der Waals surface area contributed by atoms with Gasteiger partial charge in [0, 0.05) is 0 Å². The molecule has 1 N–H and O–H groups in total. The first kappa shape index (κ1) is 12.0. The van der Waals surface area contributed by atoms with E-state index in [0.29, 0.717) is 17.7 Å². The molecule has 1 unspecified atom stereocenters. The minimum absolute atomic E-state index is 0.484. The Hall–Kier alpha value is -1.09. The van der Waals surface area contributed by atoms with E-state index in [4.69, 9.17) is 4.42 Å². The van der Waals surface area contributed by atoms with Gasteiger partial charge in [-0.2, -0.15) is 0 Å². The van der Waals surface area contributed by atoms with Crippen LogP contribution in [0, 0.1) is 0 Å². The van der Waals surface area contributed by atoms with Crippen molar-refractivity contribution in [3.63, 3.8) is 0 Å². The first-order valence-electron chi connectivity index (χ1n) is 5.49. The molecule has 0 aliphatic carbocycles. The number of aliphatic hydroxyl groups is 1. The van der Waals surface area contributed by atoms with Gasteiger partial charge in [0.1, 0.15) is 18.1 Å². The number of unbranched alkanes of at least 4 members (excludes halogenated alkanes) is 3. The van der Waals surface area contributed by atoms with E-state index in [0.717, 1.165) is 19.1 Å². The van der Waals surface area contributed by atoms with Gasteiger partial charge in [0.15, 0.2) is 6.29 Å². The number of rotatable bonds is 7. The van der Waals surface area contributed by atoms with Crippen molar-refractivity contribution in [1.29, 1.82) is 0 Å². The average Bonchev–Trinajstić information content (AvgIpc) is 2.72. The summed E-state index contributed by atoms with van der Waals surface area (Å²) in [6.45, 7) is 2.15. The van der Waals surface area contributed by atoms with Gasteiger partial charge in [-0.25, -0.2) is 0 Å². The van der Waals surface area contributed by atoms with Gasteiger partial charge in [-0.05, 0) is 12.5 Å². The van der Waals surface area contributed by atoms with Crippen molar-refractivity contribution >= 4 is 6.29 Å². The molecule has 0 aliphatic rings.